The van der Waals surface area contributed by atoms with Crippen LogP contribution in [-0.4, -0.2) is 23.3 Å². The first-order valence-corrected chi connectivity index (χ1v) is 7.48. The number of hydrogen-bond donors (Lipinski definition) is 1. The fourth-order valence-electron chi connectivity index (χ4n) is 1.46. The van der Waals surface area contributed by atoms with Gasteiger partial charge in [0, 0.05) is 22.1 Å². The number of halogens is 1. The van der Waals surface area contributed by atoms with Crippen LogP contribution in [0.4, 0.5) is 0 Å². The van der Waals surface area contributed by atoms with Gasteiger partial charge in [0.1, 0.15) is 10.0 Å². The Labute approximate surface area is 119 Å². The molecule has 0 atom stereocenters. The van der Waals surface area contributed by atoms with Gasteiger partial charge in [-0.25, -0.2) is 0 Å². The van der Waals surface area contributed by atoms with E-state index in [0.717, 1.165) is 35.1 Å². The molecule has 2 rings (SSSR count). The van der Waals surface area contributed by atoms with Gasteiger partial charge in [-0.1, -0.05) is 30.4 Å². The summed E-state index contributed by atoms with van der Waals surface area (Å²) in [6.45, 7) is 4.08. The highest BCUT2D eigenvalue weighted by Crippen LogP contribution is 2.24. The number of hydrogen-bond acceptors (Lipinski definition) is 4. The molecule has 0 radical (unpaired) electrons. The summed E-state index contributed by atoms with van der Waals surface area (Å²) >= 11 is 3.99. The van der Waals surface area contributed by atoms with Crippen LogP contribution in [0.1, 0.15) is 11.9 Å². The Bertz CT molecular complexity index is 484. The van der Waals surface area contributed by atoms with Gasteiger partial charge in [-0.2, -0.15) is 0 Å². The summed E-state index contributed by atoms with van der Waals surface area (Å²) in [6, 6.07) is 8.35. The van der Waals surface area contributed by atoms with Crippen molar-refractivity contribution in [1.82, 2.24) is 15.5 Å². The Morgan fingerprint density at radius 1 is 1.35 bits per heavy atom. The number of nitrogens with one attached hydrogen (secondary N) is 1. The molecule has 0 fully saturated rings. The van der Waals surface area contributed by atoms with Crippen LogP contribution in [0.3, 0.4) is 0 Å². The van der Waals surface area contributed by atoms with Gasteiger partial charge in [-0.05, 0) is 41.3 Å². The standard InChI is InChI=1S/C12H14IN3S/c1-2-14-7-6-11-15-16-12(17-11)9-4-3-5-10(13)8-9/h3-5,8,14H,2,6-7H2,1H3. The number of nitrogens with zero attached hydrogens (tertiary/aromatic N) is 2. The van der Waals surface area contributed by atoms with E-state index in [-0.39, 0.29) is 0 Å². The van der Waals surface area contributed by atoms with Crippen LogP contribution in [-0.2, 0) is 6.42 Å². The van der Waals surface area contributed by atoms with Crippen molar-refractivity contribution in [3.8, 4) is 10.6 Å². The fraction of sp³-hybridized carbons (Fsp3) is 0.333. The minimum Gasteiger partial charge on any atom is -0.317 e. The topological polar surface area (TPSA) is 37.8 Å². The summed E-state index contributed by atoms with van der Waals surface area (Å²) in [4.78, 5) is 0. The molecule has 0 saturated heterocycles. The Morgan fingerprint density at radius 2 is 2.24 bits per heavy atom. The summed E-state index contributed by atoms with van der Waals surface area (Å²) in [5.41, 5.74) is 1.16. The normalized spacial score (nSPS) is 10.7. The summed E-state index contributed by atoms with van der Waals surface area (Å²) in [7, 11) is 0. The predicted molar refractivity (Wildman–Crippen MR) is 80.3 cm³/mol. The SMILES string of the molecule is CCNCCc1nnc(-c2cccc(I)c2)s1. The molecular formula is C12H14IN3S. The molecule has 0 unspecified atom stereocenters. The number of aromatic nitrogens is 2. The van der Waals surface area contributed by atoms with Crippen LogP contribution in [0, 0.1) is 3.57 Å². The van der Waals surface area contributed by atoms with Crippen LogP contribution in [0.2, 0.25) is 0 Å². The zero-order valence-electron chi connectivity index (χ0n) is 9.61. The number of likely N-dealkylation sites (N-methyl/N-ethyl adjacent to an activating group) is 1. The van der Waals surface area contributed by atoms with Gasteiger partial charge in [0.25, 0.3) is 0 Å². The van der Waals surface area contributed by atoms with Crippen molar-refractivity contribution < 1.29 is 0 Å². The lowest BCUT2D eigenvalue weighted by Crippen LogP contribution is -2.15. The summed E-state index contributed by atoms with van der Waals surface area (Å²) in [5.74, 6) is 0. The highest BCUT2D eigenvalue weighted by atomic mass is 127. The first-order valence-electron chi connectivity index (χ1n) is 5.58. The second-order valence-electron chi connectivity index (χ2n) is 3.61. The van der Waals surface area contributed by atoms with E-state index in [2.05, 4.69) is 69.3 Å². The van der Waals surface area contributed by atoms with Gasteiger partial charge in [0.2, 0.25) is 0 Å². The maximum absolute atomic E-state index is 4.24. The molecule has 17 heavy (non-hydrogen) atoms. The summed E-state index contributed by atoms with van der Waals surface area (Å²) in [6.07, 6.45) is 0.954. The van der Waals surface area contributed by atoms with Crippen molar-refractivity contribution in [3.63, 3.8) is 0 Å². The molecule has 0 spiro atoms. The van der Waals surface area contributed by atoms with Crippen LogP contribution in [0.15, 0.2) is 24.3 Å². The maximum Gasteiger partial charge on any atom is 0.147 e. The molecule has 2 aromatic rings. The number of rotatable bonds is 5. The quantitative estimate of drug-likeness (QED) is 0.659. The average Bonchev–Trinajstić information content (AvgIpc) is 2.78. The third-order valence-corrected chi connectivity index (χ3v) is 4.01. The van der Waals surface area contributed by atoms with Gasteiger partial charge in [0.05, 0.1) is 0 Å². The molecule has 0 aliphatic heterocycles. The Hall–Kier alpha value is -0.530. The predicted octanol–water partition coefficient (Wildman–Crippen LogP) is 2.96. The van der Waals surface area contributed by atoms with E-state index < -0.39 is 0 Å². The van der Waals surface area contributed by atoms with E-state index >= 15 is 0 Å². The van der Waals surface area contributed by atoms with Crippen molar-refractivity contribution in [2.75, 3.05) is 13.1 Å². The largest absolute Gasteiger partial charge is 0.317 e. The van der Waals surface area contributed by atoms with Gasteiger partial charge in [0.15, 0.2) is 0 Å². The molecule has 0 amide bonds. The molecule has 1 N–H and O–H groups in total. The summed E-state index contributed by atoms with van der Waals surface area (Å²) < 4.78 is 1.23. The average molecular weight is 359 g/mol. The minimum atomic E-state index is 0.954. The van der Waals surface area contributed by atoms with E-state index in [4.69, 9.17) is 0 Å². The molecule has 0 bridgehead atoms. The van der Waals surface area contributed by atoms with Crippen LogP contribution < -0.4 is 5.32 Å². The first-order chi connectivity index (χ1) is 8.29. The molecule has 1 aromatic heterocycles. The zero-order chi connectivity index (χ0) is 12.1. The lowest BCUT2D eigenvalue weighted by atomic mass is 10.2. The van der Waals surface area contributed by atoms with Crippen LogP contribution >= 0.6 is 33.9 Å². The van der Waals surface area contributed by atoms with Crippen LogP contribution in [0.5, 0.6) is 0 Å². The minimum absolute atomic E-state index is 0.954. The summed E-state index contributed by atoms with van der Waals surface area (Å²) in [5, 5.41) is 13.9. The van der Waals surface area contributed by atoms with Gasteiger partial charge in [-0.3, -0.25) is 0 Å². The molecule has 5 heteroatoms. The van der Waals surface area contributed by atoms with E-state index in [1.54, 1.807) is 11.3 Å². The molecule has 90 valence electrons. The molecule has 0 aliphatic carbocycles. The molecule has 0 saturated carbocycles. The smallest absolute Gasteiger partial charge is 0.147 e. The molecule has 1 heterocycles. The van der Waals surface area contributed by atoms with Crippen molar-refractivity contribution >= 4 is 33.9 Å². The van der Waals surface area contributed by atoms with E-state index in [1.807, 2.05) is 0 Å². The first kappa shape index (κ1) is 12.9. The Balaban J connectivity index is 2.07. The second-order valence-corrected chi connectivity index (χ2v) is 5.92. The van der Waals surface area contributed by atoms with Crippen molar-refractivity contribution in [3.05, 3.63) is 32.8 Å². The molecule has 0 aliphatic rings. The molecule has 1 aromatic carbocycles. The number of benzene rings is 1. The van der Waals surface area contributed by atoms with Crippen molar-refractivity contribution in [2.45, 2.75) is 13.3 Å². The monoisotopic (exact) mass is 359 g/mol. The second kappa shape index (κ2) is 6.42. The third kappa shape index (κ3) is 3.72. The van der Waals surface area contributed by atoms with Gasteiger partial charge in [-0.15, -0.1) is 10.2 Å². The van der Waals surface area contributed by atoms with E-state index in [1.165, 1.54) is 3.57 Å². The Morgan fingerprint density at radius 3 is 3.00 bits per heavy atom. The van der Waals surface area contributed by atoms with Crippen molar-refractivity contribution in [1.29, 1.82) is 0 Å². The van der Waals surface area contributed by atoms with E-state index in [9.17, 15) is 0 Å². The maximum atomic E-state index is 4.24. The zero-order valence-corrected chi connectivity index (χ0v) is 12.6. The fourth-order valence-corrected chi connectivity index (χ4v) is 2.84. The van der Waals surface area contributed by atoms with Crippen molar-refractivity contribution in [2.24, 2.45) is 0 Å². The van der Waals surface area contributed by atoms with Gasteiger partial charge < -0.3 is 5.32 Å². The highest BCUT2D eigenvalue weighted by molar-refractivity contribution is 14.1. The Kier molecular flexibility index (Phi) is 4.87. The lowest BCUT2D eigenvalue weighted by molar-refractivity contribution is 0.710. The van der Waals surface area contributed by atoms with Gasteiger partial charge >= 0.3 is 0 Å². The lowest BCUT2D eigenvalue weighted by Gasteiger charge is -1.96. The third-order valence-electron chi connectivity index (χ3n) is 2.30. The van der Waals surface area contributed by atoms with E-state index in [0.29, 0.717) is 0 Å². The van der Waals surface area contributed by atoms with Crippen LogP contribution in [0.25, 0.3) is 10.6 Å². The molecule has 3 nitrogen and oxygen atoms in total. The highest BCUT2D eigenvalue weighted by Gasteiger charge is 2.06. The molecular weight excluding hydrogens is 345 g/mol.